The number of hydrogen-bond donors (Lipinski definition) is 2. The van der Waals surface area contributed by atoms with E-state index in [1.54, 1.807) is 12.1 Å². The Labute approximate surface area is 103 Å². The van der Waals surface area contributed by atoms with Crippen LogP contribution < -0.4 is 0 Å². The number of aliphatic carboxylic acids is 1. The number of hydrogen-bond acceptors (Lipinski definition) is 3. The van der Waals surface area contributed by atoms with Crippen LogP contribution in [-0.2, 0) is 10.5 Å². The molecule has 0 aliphatic carbocycles. The van der Waals surface area contributed by atoms with Crippen molar-refractivity contribution in [1.29, 1.82) is 0 Å². The van der Waals surface area contributed by atoms with Crippen molar-refractivity contribution in [3.05, 3.63) is 41.2 Å². The topological polar surface area (TPSA) is 57.5 Å². The first-order valence-electron chi connectivity index (χ1n) is 5.01. The Morgan fingerprint density at radius 3 is 2.82 bits per heavy atom. The monoisotopic (exact) mass is 256 g/mol. The summed E-state index contributed by atoms with van der Waals surface area (Å²) in [5.74, 6) is -0.355. The second-order valence-electron chi connectivity index (χ2n) is 3.30. The van der Waals surface area contributed by atoms with E-state index in [2.05, 4.69) is 0 Å². The Balaban J connectivity index is 2.69. The highest BCUT2D eigenvalue weighted by Gasteiger charge is 2.02. The van der Waals surface area contributed by atoms with Gasteiger partial charge < -0.3 is 10.2 Å². The molecule has 0 atom stereocenters. The molecule has 0 saturated heterocycles. The lowest BCUT2D eigenvalue weighted by molar-refractivity contribution is -0.131. The summed E-state index contributed by atoms with van der Waals surface area (Å²) in [6.45, 7) is 0.0751. The summed E-state index contributed by atoms with van der Waals surface area (Å²) in [5, 5.41) is 17.0. The third kappa shape index (κ3) is 5.01. The smallest absolute Gasteiger partial charge is 0.328 e. The maximum atomic E-state index is 13.5. The molecule has 92 valence electrons. The van der Waals surface area contributed by atoms with Crippen molar-refractivity contribution in [2.24, 2.45) is 0 Å². The fraction of sp³-hybridized carbons (Fsp3) is 0.250. The second kappa shape index (κ2) is 7.09. The molecule has 0 saturated carbocycles. The van der Waals surface area contributed by atoms with Crippen LogP contribution in [0.2, 0.25) is 0 Å². The third-order valence-corrected chi connectivity index (χ3v) is 2.98. The summed E-state index contributed by atoms with van der Waals surface area (Å²) in [7, 11) is 0. The standard InChI is InChI=1S/C12H13FO3S/c13-11-7-9(2-4-12(15)16)1-3-10(11)8-17-6-5-14/h1-4,7,14H,5-6,8H2,(H,15,16). The Morgan fingerprint density at radius 1 is 1.47 bits per heavy atom. The van der Waals surface area contributed by atoms with Crippen LogP contribution in [0, 0.1) is 5.82 Å². The molecule has 1 aromatic rings. The summed E-state index contributed by atoms with van der Waals surface area (Å²) >= 11 is 1.44. The number of carboxylic acids is 1. The lowest BCUT2D eigenvalue weighted by Crippen LogP contribution is -1.92. The molecule has 17 heavy (non-hydrogen) atoms. The van der Waals surface area contributed by atoms with Gasteiger partial charge in [-0.05, 0) is 23.3 Å². The van der Waals surface area contributed by atoms with Crippen molar-refractivity contribution in [1.82, 2.24) is 0 Å². The van der Waals surface area contributed by atoms with Gasteiger partial charge in [-0.25, -0.2) is 9.18 Å². The van der Waals surface area contributed by atoms with E-state index in [9.17, 15) is 9.18 Å². The summed E-state index contributed by atoms with van der Waals surface area (Å²) in [6.07, 6.45) is 2.31. The normalized spacial score (nSPS) is 10.9. The lowest BCUT2D eigenvalue weighted by atomic mass is 10.1. The number of rotatable bonds is 6. The molecule has 0 aliphatic heterocycles. The van der Waals surface area contributed by atoms with Crippen LogP contribution in [0.3, 0.4) is 0 Å². The molecule has 1 rings (SSSR count). The van der Waals surface area contributed by atoms with Crippen molar-refractivity contribution >= 4 is 23.8 Å². The summed E-state index contributed by atoms with van der Waals surface area (Å²) in [6, 6.07) is 4.59. The first-order valence-corrected chi connectivity index (χ1v) is 6.17. The van der Waals surface area contributed by atoms with Gasteiger partial charge in [0, 0.05) is 17.6 Å². The predicted molar refractivity (Wildman–Crippen MR) is 66.3 cm³/mol. The van der Waals surface area contributed by atoms with Gasteiger partial charge >= 0.3 is 5.97 Å². The van der Waals surface area contributed by atoms with Crippen molar-refractivity contribution in [3.63, 3.8) is 0 Å². The average molecular weight is 256 g/mol. The molecule has 0 aromatic heterocycles. The SMILES string of the molecule is O=C(O)C=Cc1ccc(CSCCO)c(F)c1. The first kappa shape index (κ1) is 13.7. The molecule has 0 fully saturated rings. The predicted octanol–water partition coefficient (Wildman–Crippen LogP) is 2.15. The van der Waals surface area contributed by atoms with Crippen molar-refractivity contribution < 1.29 is 19.4 Å². The molecule has 0 amide bonds. The first-order chi connectivity index (χ1) is 8.13. The van der Waals surface area contributed by atoms with Gasteiger partial charge in [-0.15, -0.1) is 0 Å². The van der Waals surface area contributed by atoms with Gasteiger partial charge in [-0.2, -0.15) is 11.8 Å². The molecule has 0 radical (unpaired) electrons. The molecule has 0 unspecified atom stereocenters. The summed E-state index contributed by atoms with van der Waals surface area (Å²) in [5.41, 5.74) is 1.07. The van der Waals surface area contributed by atoms with E-state index < -0.39 is 5.97 Å². The molecular formula is C12H13FO3S. The maximum Gasteiger partial charge on any atom is 0.328 e. The van der Waals surface area contributed by atoms with Crippen LogP contribution in [0.15, 0.2) is 24.3 Å². The van der Waals surface area contributed by atoms with E-state index in [4.69, 9.17) is 10.2 Å². The van der Waals surface area contributed by atoms with Gasteiger partial charge in [-0.3, -0.25) is 0 Å². The number of halogens is 1. The Kier molecular flexibility index (Phi) is 5.72. The molecule has 0 spiro atoms. The van der Waals surface area contributed by atoms with Gasteiger partial charge in [0.2, 0.25) is 0 Å². The fourth-order valence-electron chi connectivity index (χ4n) is 1.20. The minimum atomic E-state index is -1.06. The van der Waals surface area contributed by atoms with Crippen molar-refractivity contribution in [2.75, 3.05) is 12.4 Å². The molecule has 0 heterocycles. The van der Waals surface area contributed by atoms with E-state index in [0.717, 1.165) is 6.08 Å². The zero-order valence-corrected chi connectivity index (χ0v) is 9.91. The van der Waals surface area contributed by atoms with Gasteiger partial charge in [0.15, 0.2) is 0 Å². The number of aliphatic hydroxyl groups is 1. The van der Waals surface area contributed by atoms with E-state index in [1.165, 1.54) is 23.9 Å². The van der Waals surface area contributed by atoms with Gasteiger partial charge in [0.05, 0.1) is 6.61 Å². The van der Waals surface area contributed by atoms with Gasteiger partial charge in [0.1, 0.15) is 5.82 Å². The van der Waals surface area contributed by atoms with Crippen molar-refractivity contribution in [2.45, 2.75) is 5.75 Å². The second-order valence-corrected chi connectivity index (χ2v) is 4.40. The number of carboxylic acid groups (broad SMARTS) is 1. The number of aliphatic hydroxyl groups excluding tert-OH is 1. The summed E-state index contributed by atoms with van der Waals surface area (Å²) in [4.78, 5) is 10.3. The molecule has 3 nitrogen and oxygen atoms in total. The Morgan fingerprint density at radius 2 is 2.24 bits per heavy atom. The highest BCUT2D eigenvalue weighted by molar-refractivity contribution is 7.98. The van der Waals surface area contributed by atoms with Crippen LogP contribution in [0.25, 0.3) is 6.08 Å². The molecule has 1 aromatic carbocycles. The number of benzene rings is 1. The Bertz CT molecular complexity index is 418. The van der Waals surface area contributed by atoms with E-state index in [-0.39, 0.29) is 12.4 Å². The van der Waals surface area contributed by atoms with Gasteiger partial charge in [0.25, 0.3) is 0 Å². The van der Waals surface area contributed by atoms with Crippen LogP contribution in [0.4, 0.5) is 4.39 Å². The Hall–Kier alpha value is -1.33. The van der Waals surface area contributed by atoms with Crippen LogP contribution >= 0.6 is 11.8 Å². The van der Waals surface area contributed by atoms with Gasteiger partial charge in [-0.1, -0.05) is 12.1 Å². The molecular weight excluding hydrogens is 243 g/mol. The molecule has 5 heteroatoms. The fourth-order valence-corrected chi connectivity index (χ4v) is 1.93. The zero-order chi connectivity index (χ0) is 12.7. The van der Waals surface area contributed by atoms with Crippen LogP contribution in [0.5, 0.6) is 0 Å². The largest absolute Gasteiger partial charge is 0.478 e. The zero-order valence-electron chi connectivity index (χ0n) is 9.10. The van der Waals surface area contributed by atoms with E-state index in [0.29, 0.717) is 22.6 Å². The maximum absolute atomic E-state index is 13.5. The van der Waals surface area contributed by atoms with Crippen molar-refractivity contribution in [3.8, 4) is 0 Å². The van der Waals surface area contributed by atoms with E-state index >= 15 is 0 Å². The highest BCUT2D eigenvalue weighted by atomic mass is 32.2. The van der Waals surface area contributed by atoms with Crippen LogP contribution in [-0.4, -0.2) is 28.5 Å². The summed E-state index contributed by atoms with van der Waals surface area (Å²) < 4.78 is 13.5. The lowest BCUT2D eigenvalue weighted by Gasteiger charge is -2.03. The highest BCUT2D eigenvalue weighted by Crippen LogP contribution is 2.17. The minimum Gasteiger partial charge on any atom is -0.478 e. The molecule has 0 bridgehead atoms. The van der Waals surface area contributed by atoms with E-state index in [1.807, 2.05) is 0 Å². The molecule has 0 aliphatic rings. The van der Waals surface area contributed by atoms with Crippen LogP contribution in [0.1, 0.15) is 11.1 Å². The average Bonchev–Trinajstić information content (AvgIpc) is 2.29. The quantitative estimate of drug-likeness (QED) is 0.605. The number of carbonyl (C=O) groups is 1. The third-order valence-electron chi connectivity index (χ3n) is 1.99. The number of thioether (sulfide) groups is 1. The minimum absolute atomic E-state index is 0.0751. The molecule has 2 N–H and O–H groups in total.